The van der Waals surface area contributed by atoms with E-state index in [1.165, 1.54) is 36.8 Å². The van der Waals surface area contributed by atoms with Crippen molar-refractivity contribution in [2.45, 2.75) is 63.6 Å². The highest BCUT2D eigenvalue weighted by molar-refractivity contribution is 9.09. The van der Waals surface area contributed by atoms with E-state index in [1.54, 1.807) is 0 Å². The lowest BCUT2D eigenvalue weighted by atomic mass is 9.81. The van der Waals surface area contributed by atoms with Crippen LogP contribution in [0.15, 0.2) is 24.3 Å². The van der Waals surface area contributed by atoms with Crippen LogP contribution in [0.5, 0.6) is 0 Å². The van der Waals surface area contributed by atoms with Gasteiger partial charge in [0.2, 0.25) is 0 Å². The van der Waals surface area contributed by atoms with E-state index in [9.17, 15) is 0 Å². The number of halogens is 1. The Kier molecular flexibility index (Phi) is 3.92. The van der Waals surface area contributed by atoms with Crippen molar-refractivity contribution in [2.24, 2.45) is 5.41 Å². The maximum atomic E-state index is 3.76. The third-order valence-electron chi connectivity index (χ3n) is 4.23. The Morgan fingerprint density at radius 3 is 2.28 bits per heavy atom. The highest BCUT2D eigenvalue weighted by Gasteiger charge is 2.33. The number of alkyl halides is 1. The topological polar surface area (TPSA) is 0 Å². The molecule has 1 aromatic rings. The summed E-state index contributed by atoms with van der Waals surface area (Å²) < 4.78 is 0. The molecule has 100 valence electrons. The number of hydrogen-bond acceptors (Lipinski definition) is 0. The van der Waals surface area contributed by atoms with Gasteiger partial charge in [0.1, 0.15) is 0 Å². The molecule has 2 atom stereocenters. The zero-order chi connectivity index (χ0) is 13.4. The van der Waals surface area contributed by atoms with Crippen LogP contribution >= 0.6 is 15.9 Å². The van der Waals surface area contributed by atoms with Crippen LogP contribution in [-0.4, -0.2) is 4.83 Å². The minimum absolute atomic E-state index is 0.261. The summed E-state index contributed by atoms with van der Waals surface area (Å²) in [5.74, 6) is 0. The highest BCUT2D eigenvalue weighted by atomic mass is 79.9. The van der Waals surface area contributed by atoms with Crippen LogP contribution in [0.1, 0.15) is 58.1 Å². The second-order valence-electron chi connectivity index (χ2n) is 7.27. The second kappa shape index (κ2) is 5.00. The molecule has 0 nitrogen and oxygen atoms in total. The standard InChI is InChI=1S/C17H25Br/c1-16(2,3)14-7-5-13(6-8-14)11-17(4)10-9-15(18)12-17/h5-8,15H,9-12H2,1-4H3. The first-order valence-electron chi connectivity index (χ1n) is 7.02. The average Bonchev–Trinajstić information content (AvgIpc) is 2.58. The molecule has 0 bridgehead atoms. The van der Waals surface area contributed by atoms with Gasteiger partial charge in [-0.2, -0.15) is 0 Å². The van der Waals surface area contributed by atoms with Crippen LogP contribution in [-0.2, 0) is 11.8 Å². The van der Waals surface area contributed by atoms with Gasteiger partial charge < -0.3 is 0 Å². The van der Waals surface area contributed by atoms with Crippen molar-refractivity contribution in [3.63, 3.8) is 0 Å². The molecule has 0 saturated heterocycles. The van der Waals surface area contributed by atoms with Crippen molar-refractivity contribution in [3.05, 3.63) is 35.4 Å². The Labute approximate surface area is 120 Å². The molecule has 0 heterocycles. The molecule has 2 unspecified atom stereocenters. The van der Waals surface area contributed by atoms with Crippen molar-refractivity contribution < 1.29 is 0 Å². The van der Waals surface area contributed by atoms with E-state index in [-0.39, 0.29) is 5.41 Å². The molecule has 1 heteroatoms. The monoisotopic (exact) mass is 308 g/mol. The van der Waals surface area contributed by atoms with Crippen molar-refractivity contribution >= 4 is 15.9 Å². The quantitative estimate of drug-likeness (QED) is 0.635. The Bertz CT molecular complexity index is 399. The summed E-state index contributed by atoms with van der Waals surface area (Å²) in [6.07, 6.45) is 5.22. The van der Waals surface area contributed by atoms with E-state index in [0.717, 1.165) is 4.83 Å². The summed E-state index contributed by atoms with van der Waals surface area (Å²) in [6.45, 7) is 9.26. The van der Waals surface area contributed by atoms with Crippen LogP contribution in [0.4, 0.5) is 0 Å². The van der Waals surface area contributed by atoms with E-state index >= 15 is 0 Å². The molecular formula is C17H25Br. The maximum absolute atomic E-state index is 3.76. The number of rotatable bonds is 2. The molecule has 0 N–H and O–H groups in total. The van der Waals surface area contributed by atoms with E-state index < -0.39 is 0 Å². The van der Waals surface area contributed by atoms with Crippen LogP contribution in [0.2, 0.25) is 0 Å². The van der Waals surface area contributed by atoms with Crippen molar-refractivity contribution in [3.8, 4) is 0 Å². The molecule has 1 aliphatic carbocycles. The van der Waals surface area contributed by atoms with Gasteiger partial charge in [-0.25, -0.2) is 0 Å². The summed E-state index contributed by atoms with van der Waals surface area (Å²) in [5, 5.41) is 0. The van der Waals surface area contributed by atoms with Gasteiger partial charge in [-0.05, 0) is 47.6 Å². The minimum Gasteiger partial charge on any atom is -0.0890 e. The summed E-state index contributed by atoms with van der Waals surface area (Å²) in [7, 11) is 0. The molecule has 1 saturated carbocycles. The van der Waals surface area contributed by atoms with Crippen LogP contribution < -0.4 is 0 Å². The van der Waals surface area contributed by atoms with Crippen LogP contribution in [0.25, 0.3) is 0 Å². The van der Waals surface area contributed by atoms with Gasteiger partial charge >= 0.3 is 0 Å². The molecule has 0 spiro atoms. The normalized spacial score (nSPS) is 28.6. The summed E-state index contributed by atoms with van der Waals surface area (Å²) in [5.41, 5.74) is 3.68. The third kappa shape index (κ3) is 3.38. The lowest BCUT2D eigenvalue weighted by molar-refractivity contribution is 0.336. The highest BCUT2D eigenvalue weighted by Crippen LogP contribution is 2.43. The maximum Gasteiger partial charge on any atom is 0.0151 e. The van der Waals surface area contributed by atoms with Crippen molar-refractivity contribution in [1.29, 1.82) is 0 Å². The summed E-state index contributed by atoms with van der Waals surface area (Å²) >= 11 is 3.76. The lowest BCUT2D eigenvalue weighted by Crippen LogP contribution is -2.16. The van der Waals surface area contributed by atoms with Crippen LogP contribution in [0.3, 0.4) is 0 Å². The third-order valence-corrected chi connectivity index (χ3v) is 5.01. The summed E-state index contributed by atoms with van der Waals surface area (Å²) in [6, 6.07) is 9.26. The van der Waals surface area contributed by atoms with E-state index in [0.29, 0.717) is 5.41 Å². The van der Waals surface area contributed by atoms with Gasteiger partial charge in [0.15, 0.2) is 0 Å². The van der Waals surface area contributed by atoms with E-state index in [2.05, 4.69) is 67.9 Å². The molecule has 1 aromatic carbocycles. The number of hydrogen-bond donors (Lipinski definition) is 0. The fourth-order valence-electron chi connectivity index (χ4n) is 3.02. The number of benzene rings is 1. The average molecular weight is 309 g/mol. The van der Waals surface area contributed by atoms with E-state index in [1.807, 2.05) is 0 Å². The largest absolute Gasteiger partial charge is 0.0890 e. The second-order valence-corrected chi connectivity index (χ2v) is 8.57. The van der Waals surface area contributed by atoms with Crippen molar-refractivity contribution in [2.75, 3.05) is 0 Å². The predicted molar refractivity (Wildman–Crippen MR) is 83.5 cm³/mol. The molecule has 2 rings (SSSR count). The SMILES string of the molecule is CC1(Cc2ccc(C(C)(C)C)cc2)CCC(Br)C1. The van der Waals surface area contributed by atoms with Gasteiger partial charge in [-0.1, -0.05) is 67.9 Å². The fourth-order valence-corrected chi connectivity index (χ4v) is 4.03. The molecule has 1 aliphatic rings. The molecule has 0 radical (unpaired) electrons. The van der Waals surface area contributed by atoms with Crippen LogP contribution in [0, 0.1) is 5.41 Å². The molecule has 18 heavy (non-hydrogen) atoms. The predicted octanol–water partition coefficient (Wildman–Crippen LogP) is 5.48. The van der Waals surface area contributed by atoms with Gasteiger partial charge in [0.25, 0.3) is 0 Å². The first kappa shape index (κ1) is 14.1. The van der Waals surface area contributed by atoms with Crippen molar-refractivity contribution in [1.82, 2.24) is 0 Å². The molecular weight excluding hydrogens is 284 g/mol. The Morgan fingerprint density at radius 1 is 1.22 bits per heavy atom. The zero-order valence-corrected chi connectivity index (χ0v) is 13.7. The van der Waals surface area contributed by atoms with Gasteiger partial charge in [0, 0.05) is 4.83 Å². The smallest absolute Gasteiger partial charge is 0.0151 e. The van der Waals surface area contributed by atoms with Gasteiger partial charge in [-0.15, -0.1) is 0 Å². The van der Waals surface area contributed by atoms with Gasteiger partial charge in [0.05, 0.1) is 0 Å². The van der Waals surface area contributed by atoms with Gasteiger partial charge in [-0.3, -0.25) is 0 Å². The molecule has 0 aliphatic heterocycles. The molecule has 0 aromatic heterocycles. The first-order valence-corrected chi connectivity index (χ1v) is 7.94. The fraction of sp³-hybridized carbons (Fsp3) is 0.647. The first-order chi connectivity index (χ1) is 8.28. The lowest BCUT2D eigenvalue weighted by Gasteiger charge is -2.25. The Balaban J connectivity index is 2.07. The molecule has 0 amide bonds. The van der Waals surface area contributed by atoms with E-state index in [4.69, 9.17) is 0 Å². The summed E-state index contributed by atoms with van der Waals surface area (Å²) in [4.78, 5) is 0.733. The minimum atomic E-state index is 0.261. The Morgan fingerprint density at radius 2 is 1.83 bits per heavy atom. The Hall–Kier alpha value is -0.300. The zero-order valence-electron chi connectivity index (χ0n) is 12.1. The molecule has 1 fully saturated rings.